The predicted octanol–water partition coefficient (Wildman–Crippen LogP) is 0.329. The third-order valence-corrected chi connectivity index (χ3v) is 3.15. The van der Waals surface area contributed by atoms with Crippen molar-refractivity contribution >= 4 is 5.97 Å². The molecule has 2 rings (SSSR count). The third-order valence-electron chi connectivity index (χ3n) is 3.15. The minimum atomic E-state index is -0.732. The fraction of sp³-hybridized carbons (Fsp3) is 0.286. The molecule has 0 N–H and O–H groups in total. The van der Waals surface area contributed by atoms with Crippen molar-refractivity contribution in [2.75, 3.05) is 7.11 Å². The average molecular weight is 303 g/mol. The van der Waals surface area contributed by atoms with Gasteiger partial charge in [-0.15, -0.1) is 0 Å². The molecule has 0 amide bonds. The highest BCUT2D eigenvalue weighted by molar-refractivity contribution is 5.90. The first kappa shape index (κ1) is 15.3. The topological polar surface area (TPSA) is 107 Å². The summed E-state index contributed by atoms with van der Waals surface area (Å²) in [6, 6.07) is 3.14. The lowest BCUT2D eigenvalue weighted by molar-refractivity contribution is 0.0598. The molecule has 0 atom stereocenters. The van der Waals surface area contributed by atoms with Crippen molar-refractivity contribution < 1.29 is 13.9 Å². The second-order valence-corrected chi connectivity index (χ2v) is 4.36. The van der Waals surface area contributed by atoms with Gasteiger partial charge in [0.1, 0.15) is 23.0 Å². The normalized spacial score (nSPS) is 10.2. The van der Waals surface area contributed by atoms with E-state index in [0.29, 0.717) is 6.54 Å². The van der Waals surface area contributed by atoms with Crippen LogP contribution in [0.15, 0.2) is 32.5 Å². The van der Waals surface area contributed by atoms with E-state index in [1.54, 1.807) is 13.0 Å². The lowest BCUT2D eigenvalue weighted by Crippen LogP contribution is -2.41. The first-order valence-corrected chi connectivity index (χ1v) is 6.42. The number of nitriles is 1. The van der Waals surface area contributed by atoms with Crippen molar-refractivity contribution in [2.24, 2.45) is 0 Å². The number of rotatable bonds is 4. The maximum Gasteiger partial charge on any atom is 0.341 e. The van der Waals surface area contributed by atoms with Crippen LogP contribution in [0.25, 0.3) is 0 Å². The Labute approximate surface area is 124 Å². The van der Waals surface area contributed by atoms with Gasteiger partial charge in [-0.25, -0.2) is 9.59 Å². The minimum Gasteiger partial charge on any atom is -0.467 e. The zero-order valence-corrected chi connectivity index (χ0v) is 12.0. The summed E-state index contributed by atoms with van der Waals surface area (Å²) in [5.74, 6) is -0.521. The quantitative estimate of drug-likeness (QED) is 0.753. The zero-order valence-electron chi connectivity index (χ0n) is 12.0. The number of hydrogen-bond acceptors (Lipinski definition) is 6. The number of methoxy groups -OCH3 is 1. The zero-order chi connectivity index (χ0) is 16.3. The molecule has 0 unspecified atom stereocenters. The molecule has 0 aliphatic carbocycles. The summed E-state index contributed by atoms with van der Waals surface area (Å²) in [7, 11) is 1.21. The van der Waals surface area contributed by atoms with Crippen LogP contribution in [0.4, 0.5) is 0 Å². The number of esters is 1. The average Bonchev–Trinajstić information content (AvgIpc) is 2.99. The molecule has 0 aliphatic rings. The molecule has 2 aromatic heterocycles. The van der Waals surface area contributed by atoms with Gasteiger partial charge in [0.15, 0.2) is 0 Å². The number of ether oxygens (including phenoxy) is 1. The highest BCUT2D eigenvalue weighted by Crippen LogP contribution is 2.12. The molecule has 0 saturated carbocycles. The Morgan fingerprint density at radius 3 is 2.77 bits per heavy atom. The Kier molecular flexibility index (Phi) is 4.27. The lowest BCUT2D eigenvalue weighted by Gasteiger charge is -2.08. The van der Waals surface area contributed by atoms with E-state index >= 15 is 0 Å². The number of carbonyl (C=O) groups excluding carboxylic acids is 1. The largest absolute Gasteiger partial charge is 0.467 e. The van der Waals surface area contributed by atoms with Crippen LogP contribution >= 0.6 is 0 Å². The van der Waals surface area contributed by atoms with Crippen molar-refractivity contribution in [3.8, 4) is 6.07 Å². The van der Waals surface area contributed by atoms with Crippen molar-refractivity contribution in [3.05, 3.63) is 56.3 Å². The summed E-state index contributed by atoms with van der Waals surface area (Å²) in [5, 5.41) is 8.98. The maximum absolute atomic E-state index is 12.2. The Hall–Kier alpha value is -3.08. The van der Waals surface area contributed by atoms with Gasteiger partial charge in [-0.1, -0.05) is 0 Å². The maximum atomic E-state index is 12.2. The molecule has 2 aromatic rings. The van der Waals surface area contributed by atoms with Gasteiger partial charge in [0.05, 0.1) is 19.9 Å². The fourth-order valence-electron chi connectivity index (χ4n) is 1.99. The summed E-state index contributed by atoms with van der Waals surface area (Å²) in [4.78, 5) is 36.0. The Morgan fingerprint density at radius 1 is 1.45 bits per heavy atom. The Balaban J connectivity index is 2.58. The van der Waals surface area contributed by atoms with Crippen LogP contribution in [-0.4, -0.2) is 22.2 Å². The minimum absolute atomic E-state index is 0.115. The van der Waals surface area contributed by atoms with Crippen molar-refractivity contribution in [3.63, 3.8) is 0 Å². The molecule has 22 heavy (non-hydrogen) atoms. The highest BCUT2D eigenvalue weighted by atomic mass is 16.5. The van der Waals surface area contributed by atoms with Gasteiger partial charge in [0.25, 0.3) is 5.56 Å². The highest BCUT2D eigenvalue weighted by Gasteiger charge is 2.18. The second kappa shape index (κ2) is 6.13. The number of aryl methyl sites for hydroxylation is 1. The standard InChI is InChI=1S/C14H13N3O5/c1-3-16-7-9(6-15)12(18)17(14(16)20)8-11-10(4-5-22-11)13(19)21-2/h4-5,7H,3,8H2,1-2H3. The number of hydrogen-bond donors (Lipinski definition) is 0. The van der Waals surface area contributed by atoms with Crippen LogP contribution < -0.4 is 11.2 Å². The lowest BCUT2D eigenvalue weighted by atomic mass is 10.2. The summed E-state index contributed by atoms with van der Waals surface area (Å²) in [5.41, 5.74) is -1.35. The van der Waals surface area contributed by atoms with Gasteiger partial charge in [0.2, 0.25) is 0 Å². The van der Waals surface area contributed by atoms with Crippen molar-refractivity contribution in [1.82, 2.24) is 9.13 Å². The number of nitrogens with zero attached hydrogens (tertiary/aromatic N) is 3. The molecule has 0 aromatic carbocycles. The van der Waals surface area contributed by atoms with Crippen LogP contribution in [0.3, 0.4) is 0 Å². The van der Waals surface area contributed by atoms with E-state index in [4.69, 9.17) is 9.68 Å². The van der Waals surface area contributed by atoms with E-state index in [-0.39, 0.29) is 23.4 Å². The molecule has 0 bridgehead atoms. The van der Waals surface area contributed by atoms with Gasteiger partial charge in [-0.05, 0) is 13.0 Å². The summed E-state index contributed by atoms with van der Waals surface area (Å²) >= 11 is 0. The Bertz CT molecular complexity index is 866. The van der Waals surface area contributed by atoms with E-state index in [1.165, 1.54) is 30.2 Å². The summed E-state index contributed by atoms with van der Waals surface area (Å²) < 4.78 is 11.8. The summed E-state index contributed by atoms with van der Waals surface area (Å²) in [6.07, 6.45) is 2.48. The first-order chi connectivity index (χ1) is 10.5. The van der Waals surface area contributed by atoms with Gasteiger partial charge >= 0.3 is 11.7 Å². The molecule has 0 spiro atoms. The molecular formula is C14H13N3O5. The molecule has 8 heteroatoms. The number of carbonyl (C=O) groups is 1. The SMILES string of the molecule is CCn1cc(C#N)c(=O)n(Cc2occc2C(=O)OC)c1=O. The van der Waals surface area contributed by atoms with E-state index < -0.39 is 17.2 Å². The van der Waals surface area contributed by atoms with Crippen LogP contribution in [0.1, 0.15) is 28.6 Å². The predicted molar refractivity (Wildman–Crippen MR) is 74.5 cm³/mol. The smallest absolute Gasteiger partial charge is 0.341 e. The first-order valence-electron chi connectivity index (χ1n) is 6.42. The Morgan fingerprint density at radius 2 is 2.18 bits per heavy atom. The van der Waals surface area contributed by atoms with Gasteiger partial charge < -0.3 is 9.15 Å². The molecule has 0 aliphatic heterocycles. The third kappa shape index (κ3) is 2.56. The molecule has 114 valence electrons. The fourth-order valence-corrected chi connectivity index (χ4v) is 1.99. The number of furan rings is 1. The number of aromatic nitrogens is 2. The summed E-state index contributed by atoms with van der Waals surface area (Å²) in [6.45, 7) is 1.75. The monoisotopic (exact) mass is 303 g/mol. The van der Waals surface area contributed by atoms with Gasteiger partial charge in [-0.3, -0.25) is 13.9 Å². The molecule has 2 heterocycles. The van der Waals surface area contributed by atoms with Crippen molar-refractivity contribution in [2.45, 2.75) is 20.0 Å². The molecule has 0 saturated heterocycles. The second-order valence-electron chi connectivity index (χ2n) is 4.36. The molecular weight excluding hydrogens is 290 g/mol. The van der Waals surface area contributed by atoms with Gasteiger partial charge in [0, 0.05) is 12.7 Å². The van der Waals surface area contributed by atoms with E-state index in [9.17, 15) is 14.4 Å². The molecule has 0 radical (unpaired) electrons. The van der Waals surface area contributed by atoms with E-state index in [1.807, 2.05) is 0 Å². The van der Waals surface area contributed by atoms with Crippen LogP contribution in [-0.2, 0) is 17.8 Å². The molecule has 8 nitrogen and oxygen atoms in total. The van der Waals surface area contributed by atoms with Crippen LogP contribution in [0, 0.1) is 11.3 Å². The van der Waals surface area contributed by atoms with Crippen LogP contribution in [0.5, 0.6) is 0 Å². The molecule has 0 fully saturated rings. The van der Waals surface area contributed by atoms with Crippen molar-refractivity contribution in [1.29, 1.82) is 5.26 Å². The van der Waals surface area contributed by atoms with Crippen LogP contribution in [0.2, 0.25) is 0 Å². The van der Waals surface area contributed by atoms with E-state index in [0.717, 1.165) is 4.57 Å². The van der Waals surface area contributed by atoms with E-state index in [2.05, 4.69) is 4.74 Å². The van der Waals surface area contributed by atoms with Gasteiger partial charge in [-0.2, -0.15) is 5.26 Å².